The number of carboxylic acids is 1. The van der Waals surface area contributed by atoms with Crippen LogP contribution in [0.5, 0.6) is 0 Å². The Hall–Kier alpha value is -8.26. The van der Waals surface area contributed by atoms with Gasteiger partial charge in [0.25, 0.3) is 0 Å². The van der Waals surface area contributed by atoms with Crippen molar-refractivity contribution in [3.63, 3.8) is 0 Å². The molecule has 0 aromatic heterocycles. The molecular weight excluding hydrogens is 1430 g/mol. The van der Waals surface area contributed by atoms with Gasteiger partial charge in [-0.15, -0.1) is 11.6 Å². The predicted octanol–water partition coefficient (Wildman–Crippen LogP) is 6.05. The van der Waals surface area contributed by atoms with E-state index in [-0.39, 0.29) is 19.8 Å². The highest BCUT2D eigenvalue weighted by atomic mass is 35.5. The largest absolute Gasteiger partial charge is 0.477 e. The third-order valence-electron chi connectivity index (χ3n) is 15.2. The number of aliphatic hydroxyl groups excluding tert-OH is 10. The van der Waals surface area contributed by atoms with E-state index in [0.29, 0.717) is 0 Å². The maximum atomic E-state index is 13.8. The summed E-state index contributed by atoms with van der Waals surface area (Å²) in [7, 11) is 0. The maximum Gasteiger partial charge on any atom is 0.380 e. The van der Waals surface area contributed by atoms with E-state index in [4.69, 9.17) is 76.5 Å². The molecule has 572 valence electrons. The van der Waals surface area contributed by atoms with Gasteiger partial charge in [-0.05, 0) is 61.1 Å². The van der Waals surface area contributed by atoms with Gasteiger partial charge in [-0.3, -0.25) is 0 Å². The smallest absolute Gasteiger partial charge is 0.380 e. The lowest BCUT2D eigenvalue weighted by molar-refractivity contribution is -0.210. The highest BCUT2D eigenvalue weighted by Crippen LogP contribution is 2.44. The Morgan fingerprint density at radius 3 is 1.09 bits per heavy atom. The Labute approximate surface area is 592 Å². The first-order valence-electron chi connectivity index (χ1n) is 31.1. The molecule has 6 aromatic rings. The molecule has 0 spiro atoms. The minimum atomic E-state index is -4.46. The molecule has 3 heterocycles. The lowest BCUT2D eigenvalue weighted by Gasteiger charge is -2.36. The van der Waals surface area contributed by atoms with E-state index in [1.807, 2.05) is 146 Å². The Morgan fingerprint density at radius 2 is 0.827 bits per heavy atom. The number of carbonyl (C=O) groups is 5. The SMILES string of the molecule is CCOC(=O)C(F)(F)[C@H](O)[C@H](O)CO.CCOC(=O)C(F)(F)[C@H](O)[C@H]1COC(C)(C)O1.ClC(c1ccccc1)(c1ccccc1)c1ccccc1.O=C(O)C(F)(F)[C@H](O)[C@H](O)CO.O=C1O[C@H](CO)C(O)C1(F)F.O=C1O[C@H](COC(c2ccccc2)(c2ccccc2)c2ccccc2)C(O)C1(F)F. The number of hydrogen-bond acceptors (Lipinski definition) is 22. The average molecular weight is 1510 g/mol. The van der Waals surface area contributed by atoms with Crippen LogP contribution in [0.4, 0.5) is 43.9 Å². The minimum absolute atomic E-state index is 0.186. The van der Waals surface area contributed by atoms with Gasteiger partial charge in [0.15, 0.2) is 48.5 Å². The van der Waals surface area contributed by atoms with Crippen molar-refractivity contribution < 1.29 is 157 Å². The summed E-state index contributed by atoms with van der Waals surface area (Å²) in [5.41, 5.74) is 4.40. The normalized spacial score (nSPS) is 20.2. The molecule has 6 aromatic carbocycles. The van der Waals surface area contributed by atoms with Crippen molar-refractivity contribution in [2.45, 2.75) is 135 Å². The molecule has 0 radical (unpaired) electrons. The number of esters is 4. The molecule has 23 nitrogen and oxygen atoms in total. The summed E-state index contributed by atoms with van der Waals surface area (Å²) in [4.78, 5) is 52.4. The number of aliphatic carboxylic acids is 1. The monoisotopic (exact) mass is 1510 g/mol. The van der Waals surface area contributed by atoms with E-state index in [1.165, 1.54) is 27.7 Å². The van der Waals surface area contributed by atoms with E-state index in [0.717, 1.165) is 33.4 Å². The van der Waals surface area contributed by atoms with Gasteiger partial charge in [0, 0.05) is 0 Å². The number of ether oxygens (including phenoxy) is 7. The third kappa shape index (κ3) is 21.7. The van der Waals surface area contributed by atoms with Crippen molar-refractivity contribution >= 4 is 41.4 Å². The first-order valence-corrected chi connectivity index (χ1v) is 31.5. The van der Waals surface area contributed by atoms with E-state index < -0.39 is 163 Å². The summed E-state index contributed by atoms with van der Waals surface area (Å²) in [6, 6.07) is 58.7. The highest BCUT2D eigenvalue weighted by molar-refractivity contribution is 6.28. The Bertz CT molecular complexity index is 3410. The van der Waals surface area contributed by atoms with Gasteiger partial charge in [0.05, 0.1) is 46.2 Å². The molecule has 3 aliphatic heterocycles. The lowest BCUT2D eigenvalue weighted by Crippen LogP contribution is -2.50. The zero-order valence-electron chi connectivity index (χ0n) is 55.5. The Balaban J connectivity index is 0.000000275. The van der Waals surface area contributed by atoms with Gasteiger partial charge in [0.2, 0.25) is 0 Å². The summed E-state index contributed by atoms with van der Waals surface area (Å²) in [5.74, 6) is -31.3. The van der Waals surface area contributed by atoms with Crippen LogP contribution in [0.25, 0.3) is 0 Å². The minimum Gasteiger partial charge on any atom is -0.477 e. The number of cyclic esters (lactones) is 2. The first kappa shape index (κ1) is 88.1. The molecule has 3 aliphatic rings. The lowest BCUT2D eigenvalue weighted by atomic mass is 9.80. The van der Waals surface area contributed by atoms with E-state index >= 15 is 0 Å². The average Bonchev–Trinajstić information content (AvgIpc) is 0.855. The molecule has 3 saturated heterocycles. The first-order chi connectivity index (χ1) is 48.7. The van der Waals surface area contributed by atoms with Gasteiger partial charge in [-0.25, -0.2) is 24.0 Å². The van der Waals surface area contributed by atoms with Crippen LogP contribution in [-0.2, 0) is 67.6 Å². The van der Waals surface area contributed by atoms with Crippen LogP contribution < -0.4 is 0 Å². The van der Waals surface area contributed by atoms with Crippen LogP contribution in [0.3, 0.4) is 0 Å². The second kappa shape index (κ2) is 38.7. The van der Waals surface area contributed by atoms with Crippen LogP contribution in [0.2, 0.25) is 0 Å². The molecule has 11 N–H and O–H groups in total. The number of aliphatic hydroxyl groups is 10. The van der Waals surface area contributed by atoms with Crippen molar-refractivity contribution in [2.24, 2.45) is 0 Å². The van der Waals surface area contributed by atoms with Crippen LogP contribution in [0.15, 0.2) is 182 Å². The number of benzene rings is 6. The molecule has 0 amide bonds. The third-order valence-corrected chi connectivity index (χ3v) is 15.8. The van der Waals surface area contributed by atoms with Crippen molar-refractivity contribution in [2.75, 3.05) is 46.2 Å². The summed E-state index contributed by atoms with van der Waals surface area (Å²) in [6.07, 6.45) is -20.8. The van der Waals surface area contributed by atoms with Gasteiger partial charge < -0.3 is 89.3 Å². The molecular formula is C70H77ClF10O23. The molecule has 2 unspecified atom stereocenters. The maximum absolute atomic E-state index is 13.8. The molecule has 9 rings (SSSR count). The standard InChI is InChI=1S/C24H20F2O4.C19H15Cl.C10H16F2O5.C7H12F2O5.C5H8F2O5.C5H6F2O4/c25-24(26)21(27)20(30-22(24)28)16-29-23(17-10-4-1-5-11-17,18-12-6-2-7-13-18)19-14-8-3-9-15-19;20-19(16-10-4-1-5-11-16,17-12-6-2-7-13-17)18-14-8-3-9-15-18;1-4-15-8(14)10(11,12)7(13)6-5-16-9(2,3)17-6;1-2-14-6(13)7(8,9)5(12)4(11)3-10;6-5(7,4(11)12)3(10)2(9)1-8;6-5(7)3(9)2(1-8)11-4(5)10/h1-15,20-21,27H,16H2;1-15H;6-7,13H,4-5H2,1-3H3;4-5,10-12H,2-3H2,1H3;2-3,8-10H,1H2,(H,11,12);2-3,8-9H,1H2/t20-,21?;;6-,7-;4-,5-;2-,3-;2-,3?/m1.1111/s1. The summed E-state index contributed by atoms with van der Waals surface area (Å²) in [5, 5.41) is 95.0. The topological polar surface area (TPSA) is 372 Å². The van der Waals surface area contributed by atoms with E-state index in [9.17, 15) is 78.1 Å². The summed E-state index contributed by atoms with van der Waals surface area (Å²) < 4.78 is 163. The van der Waals surface area contributed by atoms with E-state index in [2.05, 4.69) is 50.6 Å². The quantitative estimate of drug-likeness (QED) is 0.0114. The van der Waals surface area contributed by atoms with Gasteiger partial charge in [0.1, 0.15) is 28.8 Å². The fourth-order valence-corrected chi connectivity index (χ4v) is 10.00. The number of hydrogen-bond donors (Lipinski definition) is 11. The Morgan fingerprint density at radius 1 is 0.519 bits per heavy atom. The molecule has 10 atom stereocenters. The molecule has 0 aliphatic carbocycles. The van der Waals surface area contributed by atoms with Crippen LogP contribution >= 0.6 is 11.6 Å². The van der Waals surface area contributed by atoms with Crippen molar-refractivity contribution in [1.29, 1.82) is 0 Å². The Kier molecular flexibility index (Phi) is 32.8. The summed E-state index contributed by atoms with van der Waals surface area (Å²) in [6.45, 7) is 1.70. The van der Waals surface area contributed by atoms with E-state index in [1.54, 1.807) is 0 Å². The van der Waals surface area contributed by atoms with Crippen molar-refractivity contribution in [1.82, 2.24) is 0 Å². The number of rotatable bonds is 23. The van der Waals surface area contributed by atoms with Crippen molar-refractivity contribution in [3.05, 3.63) is 215 Å². The number of carbonyl (C=O) groups excluding carboxylic acids is 4. The number of alkyl halides is 11. The summed E-state index contributed by atoms with van der Waals surface area (Å²) >= 11 is 7.12. The molecule has 3 fully saturated rings. The fraction of sp³-hybridized carbons (Fsp3) is 0.414. The van der Waals surface area contributed by atoms with Crippen LogP contribution in [-0.4, -0.2) is 229 Å². The van der Waals surface area contributed by atoms with Crippen LogP contribution in [0, 0.1) is 0 Å². The van der Waals surface area contributed by atoms with Gasteiger partial charge in [-0.1, -0.05) is 182 Å². The second-order valence-corrected chi connectivity index (χ2v) is 23.4. The molecule has 0 bridgehead atoms. The van der Waals surface area contributed by atoms with Crippen molar-refractivity contribution in [3.8, 4) is 0 Å². The zero-order valence-corrected chi connectivity index (χ0v) is 56.3. The molecule has 104 heavy (non-hydrogen) atoms. The molecule has 0 saturated carbocycles. The fourth-order valence-electron chi connectivity index (χ4n) is 9.62. The van der Waals surface area contributed by atoms with Crippen LogP contribution in [0.1, 0.15) is 61.1 Å². The highest BCUT2D eigenvalue weighted by Gasteiger charge is 2.61. The number of carboxylic acid groups (broad SMARTS) is 1. The molecule has 34 heteroatoms. The zero-order chi connectivity index (χ0) is 78.2. The second-order valence-electron chi connectivity index (χ2n) is 22.9. The van der Waals surface area contributed by atoms with Gasteiger partial charge in [-0.2, -0.15) is 43.9 Å². The van der Waals surface area contributed by atoms with Gasteiger partial charge >= 0.3 is 59.5 Å². The predicted molar refractivity (Wildman–Crippen MR) is 344 cm³/mol. The number of halogens is 11.